The number of ether oxygens (including phenoxy) is 2. The van der Waals surface area contributed by atoms with Crippen LogP contribution in [-0.2, 0) is 4.79 Å². The molecule has 0 atom stereocenters. The number of carbonyl (C=O) groups excluding carboxylic acids is 1. The van der Waals surface area contributed by atoms with Gasteiger partial charge in [-0.3, -0.25) is 14.9 Å². The predicted octanol–water partition coefficient (Wildman–Crippen LogP) is 5.19. The highest BCUT2D eigenvalue weighted by atomic mass is 16.6. The first kappa shape index (κ1) is 27.5. The lowest BCUT2D eigenvalue weighted by Crippen LogP contribution is -2.43. The summed E-state index contributed by atoms with van der Waals surface area (Å²) in [6.45, 7) is 6.36. The Labute approximate surface area is 214 Å². The minimum absolute atomic E-state index is 0. The van der Waals surface area contributed by atoms with Crippen molar-refractivity contribution >= 4 is 11.6 Å². The molecule has 8 heteroatoms. The molecule has 1 amide bonds. The van der Waals surface area contributed by atoms with Gasteiger partial charge in [0.1, 0.15) is 11.9 Å². The zero-order valence-electron chi connectivity index (χ0n) is 20.7. The van der Waals surface area contributed by atoms with E-state index in [0.29, 0.717) is 31.2 Å². The fourth-order valence-corrected chi connectivity index (χ4v) is 5.04. The van der Waals surface area contributed by atoms with Crippen molar-refractivity contribution in [1.29, 1.82) is 0 Å². The second kappa shape index (κ2) is 12.7. The van der Waals surface area contributed by atoms with Crippen LogP contribution in [0.3, 0.4) is 0 Å². The molecule has 2 fully saturated rings. The van der Waals surface area contributed by atoms with E-state index < -0.39 is 4.92 Å². The maximum atomic E-state index is 12.8. The largest absolute Gasteiger partial charge is 0.490 e. The summed E-state index contributed by atoms with van der Waals surface area (Å²) in [6.07, 6.45) is 4.31. The van der Waals surface area contributed by atoms with E-state index in [4.69, 9.17) is 9.47 Å². The zero-order chi connectivity index (χ0) is 24.8. The molecule has 2 saturated heterocycles. The number of hydrogen-bond donors (Lipinski definition) is 0. The highest BCUT2D eigenvalue weighted by Crippen LogP contribution is 2.32. The van der Waals surface area contributed by atoms with Crippen LogP contribution in [0.15, 0.2) is 42.5 Å². The maximum Gasteiger partial charge on any atom is 0.311 e. The van der Waals surface area contributed by atoms with E-state index in [1.165, 1.54) is 24.3 Å². The molecule has 196 valence electrons. The van der Waals surface area contributed by atoms with Gasteiger partial charge in [0, 0.05) is 51.0 Å². The van der Waals surface area contributed by atoms with Crippen molar-refractivity contribution in [3.63, 3.8) is 0 Å². The number of carbonyl (C=O) groups is 1. The molecule has 0 saturated carbocycles. The average molecular weight is 498 g/mol. The van der Waals surface area contributed by atoms with E-state index in [1.54, 1.807) is 12.1 Å². The molecule has 0 aromatic heterocycles. The van der Waals surface area contributed by atoms with E-state index in [2.05, 4.69) is 36.1 Å². The molecule has 0 radical (unpaired) electrons. The molecule has 0 aliphatic carbocycles. The van der Waals surface area contributed by atoms with Gasteiger partial charge in [0.2, 0.25) is 11.7 Å². The van der Waals surface area contributed by atoms with Gasteiger partial charge in [-0.25, -0.2) is 0 Å². The summed E-state index contributed by atoms with van der Waals surface area (Å²) in [4.78, 5) is 27.7. The number of benzene rings is 2. The third-order valence-electron chi connectivity index (χ3n) is 7.22. The number of amides is 1. The molecule has 0 spiro atoms. The van der Waals surface area contributed by atoms with Gasteiger partial charge in [0.25, 0.3) is 0 Å². The third kappa shape index (κ3) is 6.97. The Bertz CT molecular complexity index is 1010. The summed E-state index contributed by atoms with van der Waals surface area (Å²) in [7, 11) is 1.41. The summed E-state index contributed by atoms with van der Waals surface area (Å²) < 4.78 is 11.1. The summed E-state index contributed by atoms with van der Waals surface area (Å²) in [5, 5.41) is 11.1. The van der Waals surface area contributed by atoms with Gasteiger partial charge in [-0.2, -0.15) is 0 Å². The van der Waals surface area contributed by atoms with Gasteiger partial charge < -0.3 is 19.3 Å². The van der Waals surface area contributed by atoms with Crippen molar-refractivity contribution in [3.8, 4) is 11.5 Å². The third-order valence-corrected chi connectivity index (χ3v) is 7.22. The van der Waals surface area contributed by atoms with Gasteiger partial charge in [-0.1, -0.05) is 37.3 Å². The second-order valence-corrected chi connectivity index (χ2v) is 9.57. The van der Waals surface area contributed by atoms with E-state index in [9.17, 15) is 14.9 Å². The van der Waals surface area contributed by atoms with Crippen molar-refractivity contribution in [2.45, 2.75) is 58.5 Å². The summed E-state index contributed by atoms with van der Waals surface area (Å²) in [5.74, 6) is 1.56. The minimum Gasteiger partial charge on any atom is -0.490 e. The van der Waals surface area contributed by atoms with Crippen LogP contribution in [0.25, 0.3) is 0 Å². The van der Waals surface area contributed by atoms with Crippen molar-refractivity contribution in [2.24, 2.45) is 0 Å². The van der Waals surface area contributed by atoms with Crippen molar-refractivity contribution < 1.29 is 19.2 Å². The number of nitrogens with zero attached hydrogens (tertiary/aromatic N) is 3. The molecule has 8 nitrogen and oxygen atoms in total. The molecule has 2 aromatic rings. The molecule has 2 aliphatic heterocycles. The van der Waals surface area contributed by atoms with Crippen LogP contribution in [0, 0.1) is 17.0 Å². The number of methoxy groups -OCH3 is 1. The summed E-state index contributed by atoms with van der Waals surface area (Å²) in [6, 6.07) is 13.4. The van der Waals surface area contributed by atoms with Crippen molar-refractivity contribution in [1.82, 2.24) is 9.80 Å². The Kier molecular flexibility index (Phi) is 9.70. The predicted molar refractivity (Wildman–Crippen MR) is 141 cm³/mol. The fourth-order valence-electron chi connectivity index (χ4n) is 5.04. The Morgan fingerprint density at radius 1 is 1.03 bits per heavy atom. The van der Waals surface area contributed by atoms with Crippen LogP contribution in [0.5, 0.6) is 11.5 Å². The smallest absolute Gasteiger partial charge is 0.311 e. The van der Waals surface area contributed by atoms with Crippen molar-refractivity contribution in [3.05, 3.63) is 63.7 Å². The first-order valence-electron chi connectivity index (χ1n) is 12.5. The van der Waals surface area contributed by atoms with E-state index in [-0.39, 0.29) is 30.9 Å². The van der Waals surface area contributed by atoms with Gasteiger partial charge in [-0.15, -0.1) is 0 Å². The van der Waals surface area contributed by atoms with Crippen LogP contribution in [0.4, 0.5) is 5.69 Å². The summed E-state index contributed by atoms with van der Waals surface area (Å²) in [5.41, 5.74) is 2.65. The highest BCUT2D eigenvalue weighted by Gasteiger charge is 2.26. The van der Waals surface area contributed by atoms with Crippen LogP contribution < -0.4 is 9.47 Å². The lowest BCUT2D eigenvalue weighted by molar-refractivity contribution is -0.385. The van der Waals surface area contributed by atoms with Crippen LogP contribution in [0.1, 0.15) is 56.6 Å². The van der Waals surface area contributed by atoms with Crippen LogP contribution in [0.2, 0.25) is 0 Å². The van der Waals surface area contributed by atoms with E-state index in [0.717, 1.165) is 45.3 Å². The molecule has 2 heterocycles. The minimum atomic E-state index is -0.473. The van der Waals surface area contributed by atoms with Crippen LogP contribution in [-0.4, -0.2) is 66.6 Å². The standard InChI is InChI=1S/C27H35N3O5.CH4/c1-20-3-5-21(6-4-20)22-9-14-28(15-10-22)16-13-27(31)29-17-11-23(12-18-29)35-24-7-8-25(30(32)33)26(19-24)34-2;/h3-8,19,22-23H,9-18H2,1-2H3;1H4. The second-order valence-electron chi connectivity index (χ2n) is 9.57. The highest BCUT2D eigenvalue weighted by molar-refractivity contribution is 5.76. The van der Waals surface area contributed by atoms with Gasteiger partial charge in [0.05, 0.1) is 12.0 Å². The molecular formula is C28H39N3O5. The zero-order valence-corrected chi connectivity index (χ0v) is 20.7. The normalized spacial score (nSPS) is 17.3. The van der Waals surface area contributed by atoms with Crippen molar-refractivity contribution in [2.75, 3.05) is 39.8 Å². The van der Waals surface area contributed by atoms with E-state index in [1.807, 2.05) is 4.90 Å². The monoisotopic (exact) mass is 497 g/mol. The van der Waals surface area contributed by atoms with Gasteiger partial charge in [0.15, 0.2) is 0 Å². The topological polar surface area (TPSA) is 85.2 Å². The average Bonchev–Trinajstić information content (AvgIpc) is 2.88. The fraction of sp³-hybridized carbons (Fsp3) is 0.536. The first-order chi connectivity index (χ1) is 16.9. The Morgan fingerprint density at radius 3 is 2.31 bits per heavy atom. The number of nitro benzene ring substituents is 1. The quantitative estimate of drug-likeness (QED) is 0.369. The molecule has 0 bridgehead atoms. The van der Waals surface area contributed by atoms with Gasteiger partial charge >= 0.3 is 5.69 Å². The summed E-state index contributed by atoms with van der Waals surface area (Å²) >= 11 is 0. The Hall–Kier alpha value is -3.13. The molecule has 2 aromatic carbocycles. The Balaban J connectivity index is 0.00000361. The number of nitro groups is 1. The Morgan fingerprint density at radius 2 is 1.69 bits per heavy atom. The first-order valence-corrected chi connectivity index (χ1v) is 12.5. The molecule has 2 aliphatic rings. The number of rotatable bonds is 8. The number of likely N-dealkylation sites (tertiary alicyclic amines) is 2. The SMILES string of the molecule is C.COc1cc(OC2CCN(C(=O)CCN3CCC(c4ccc(C)cc4)CC3)CC2)ccc1[N+](=O)[O-]. The van der Waals surface area contributed by atoms with Crippen LogP contribution >= 0.6 is 0 Å². The number of aryl methyl sites for hydroxylation is 1. The van der Waals surface area contributed by atoms with Gasteiger partial charge in [-0.05, 0) is 50.4 Å². The maximum absolute atomic E-state index is 12.8. The lowest BCUT2D eigenvalue weighted by atomic mass is 9.89. The molecular weight excluding hydrogens is 458 g/mol. The van der Waals surface area contributed by atoms with E-state index >= 15 is 0 Å². The number of hydrogen-bond acceptors (Lipinski definition) is 6. The lowest BCUT2D eigenvalue weighted by Gasteiger charge is -2.34. The molecule has 36 heavy (non-hydrogen) atoms. The molecule has 4 rings (SSSR count). The number of piperidine rings is 2. The molecule has 0 N–H and O–H groups in total. The molecule has 0 unspecified atom stereocenters.